The van der Waals surface area contributed by atoms with Crippen LogP contribution in [0.2, 0.25) is 0 Å². The van der Waals surface area contributed by atoms with Crippen LogP contribution in [-0.2, 0) is 26.5 Å². The Labute approximate surface area is 198 Å². The molecular formula is C27H21N3Pt. The van der Waals surface area contributed by atoms with Crippen LogP contribution in [0.1, 0.15) is 30.8 Å². The van der Waals surface area contributed by atoms with E-state index < -0.39 is 5.41 Å². The van der Waals surface area contributed by atoms with E-state index in [0.717, 1.165) is 33.9 Å². The molecule has 31 heavy (non-hydrogen) atoms. The number of pyridine rings is 2. The third-order valence-corrected chi connectivity index (χ3v) is 5.20. The van der Waals surface area contributed by atoms with E-state index in [-0.39, 0.29) is 21.1 Å². The van der Waals surface area contributed by atoms with Gasteiger partial charge in [0.05, 0.1) is 6.57 Å². The zero-order valence-corrected chi connectivity index (χ0v) is 19.9. The summed E-state index contributed by atoms with van der Waals surface area (Å²) in [6, 6.07) is 29.9. The summed E-state index contributed by atoms with van der Waals surface area (Å²) in [6.07, 6.45) is 0. The van der Waals surface area contributed by atoms with Crippen molar-refractivity contribution in [3.63, 3.8) is 0 Å². The molecule has 4 aromatic rings. The predicted molar refractivity (Wildman–Crippen MR) is 120 cm³/mol. The van der Waals surface area contributed by atoms with Crippen LogP contribution in [0, 0.1) is 25.6 Å². The summed E-state index contributed by atoms with van der Waals surface area (Å²) in [6.45, 7) is 13.6. The van der Waals surface area contributed by atoms with Crippen molar-refractivity contribution in [3.05, 3.63) is 113 Å². The van der Waals surface area contributed by atoms with Crippen molar-refractivity contribution in [2.75, 3.05) is 0 Å². The SMILES string of the molecule is [C-]#[N+]c1cc[c-]c(-c2cccc(C(C)(C)c3cccc(-c4[c-]ccc(C)c4)n3)n2)c1.[Pt+2]. The van der Waals surface area contributed by atoms with Crippen molar-refractivity contribution in [1.29, 1.82) is 0 Å². The molecule has 4 rings (SSSR count). The van der Waals surface area contributed by atoms with E-state index in [9.17, 15) is 0 Å². The largest absolute Gasteiger partial charge is 2.00 e. The van der Waals surface area contributed by atoms with Gasteiger partial charge >= 0.3 is 21.1 Å². The molecule has 154 valence electrons. The molecule has 2 aromatic carbocycles. The van der Waals surface area contributed by atoms with Crippen LogP contribution in [0.25, 0.3) is 27.4 Å². The minimum Gasteiger partial charge on any atom is -0.300 e. The van der Waals surface area contributed by atoms with Crippen molar-refractivity contribution in [2.24, 2.45) is 0 Å². The van der Waals surface area contributed by atoms with E-state index in [2.05, 4.69) is 43.8 Å². The average Bonchev–Trinajstić information content (AvgIpc) is 2.79. The van der Waals surface area contributed by atoms with Crippen molar-refractivity contribution >= 4 is 5.69 Å². The topological polar surface area (TPSA) is 30.1 Å². The molecule has 0 amide bonds. The molecule has 0 bridgehead atoms. The van der Waals surface area contributed by atoms with Gasteiger partial charge in [-0.2, -0.15) is 6.07 Å². The molecule has 0 atom stereocenters. The van der Waals surface area contributed by atoms with Gasteiger partial charge in [0.1, 0.15) is 5.69 Å². The molecule has 0 aliphatic heterocycles. The van der Waals surface area contributed by atoms with Gasteiger partial charge in [0.25, 0.3) is 0 Å². The molecular weight excluding hydrogens is 561 g/mol. The fraction of sp³-hybridized carbons (Fsp3) is 0.148. The molecule has 3 nitrogen and oxygen atoms in total. The molecule has 0 N–H and O–H groups in total. The molecule has 0 saturated carbocycles. The van der Waals surface area contributed by atoms with Gasteiger partial charge in [-0.25, -0.2) is 0 Å². The van der Waals surface area contributed by atoms with E-state index >= 15 is 0 Å². The van der Waals surface area contributed by atoms with Crippen LogP contribution >= 0.6 is 0 Å². The first-order valence-corrected chi connectivity index (χ1v) is 9.81. The van der Waals surface area contributed by atoms with Crippen LogP contribution in [-0.4, -0.2) is 9.97 Å². The van der Waals surface area contributed by atoms with Gasteiger partial charge in [0.15, 0.2) is 0 Å². The van der Waals surface area contributed by atoms with Crippen LogP contribution in [0.15, 0.2) is 72.8 Å². The number of hydrogen-bond donors (Lipinski definition) is 0. The van der Waals surface area contributed by atoms with Gasteiger partial charge < -0.3 is 9.97 Å². The number of hydrogen-bond acceptors (Lipinski definition) is 2. The van der Waals surface area contributed by atoms with Gasteiger partial charge in [-0.3, -0.25) is 4.85 Å². The second-order valence-electron chi connectivity index (χ2n) is 7.79. The minimum absolute atomic E-state index is 0. The fourth-order valence-electron chi connectivity index (χ4n) is 3.40. The summed E-state index contributed by atoms with van der Waals surface area (Å²) in [5, 5.41) is 0. The van der Waals surface area contributed by atoms with Gasteiger partial charge in [-0.15, -0.1) is 59.2 Å². The molecule has 0 unspecified atom stereocenters. The maximum atomic E-state index is 7.24. The van der Waals surface area contributed by atoms with E-state index in [1.807, 2.05) is 54.6 Å². The minimum atomic E-state index is -0.396. The van der Waals surface area contributed by atoms with Crippen molar-refractivity contribution in [2.45, 2.75) is 26.2 Å². The normalized spacial score (nSPS) is 10.8. The Morgan fingerprint density at radius 1 is 0.806 bits per heavy atom. The van der Waals surface area contributed by atoms with E-state index in [4.69, 9.17) is 16.5 Å². The van der Waals surface area contributed by atoms with Gasteiger partial charge in [-0.05, 0) is 37.4 Å². The van der Waals surface area contributed by atoms with Crippen molar-refractivity contribution < 1.29 is 21.1 Å². The molecule has 0 fully saturated rings. The first-order chi connectivity index (χ1) is 14.5. The van der Waals surface area contributed by atoms with E-state index in [0.29, 0.717) is 5.69 Å². The maximum absolute atomic E-state index is 7.24. The number of aromatic nitrogens is 2. The Morgan fingerprint density at radius 2 is 1.35 bits per heavy atom. The third-order valence-electron chi connectivity index (χ3n) is 5.20. The molecule has 2 aromatic heterocycles. The standard InChI is InChI=1S/C27H21N3.Pt/c1-19-9-5-10-20(17-19)23-13-7-15-25(29-23)27(2,3)26-16-8-14-24(30-26)21-11-6-12-22(18-21)28-4;/h5-9,12-18H,1-3H3;/q-2;+2. The van der Waals surface area contributed by atoms with Gasteiger partial charge in [0.2, 0.25) is 0 Å². The first-order valence-electron chi connectivity index (χ1n) is 9.81. The molecule has 0 spiro atoms. The molecule has 4 heteroatoms. The Hall–Kier alpha value is -3.08. The molecule has 0 radical (unpaired) electrons. The van der Waals surface area contributed by atoms with Crippen molar-refractivity contribution in [1.82, 2.24) is 9.97 Å². The summed E-state index contributed by atoms with van der Waals surface area (Å²) in [7, 11) is 0. The van der Waals surface area contributed by atoms with Gasteiger partial charge in [0, 0.05) is 16.8 Å². The maximum Gasteiger partial charge on any atom is 2.00 e. The van der Waals surface area contributed by atoms with Crippen LogP contribution in [0.3, 0.4) is 0 Å². The van der Waals surface area contributed by atoms with Crippen LogP contribution in [0.5, 0.6) is 0 Å². The smallest absolute Gasteiger partial charge is 0.300 e. The van der Waals surface area contributed by atoms with E-state index in [1.54, 1.807) is 12.1 Å². The summed E-state index contributed by atoms with van der Waals surface area (Å²) in [4.78, 5) is 13.4. The summed E-state index contributed by atoms with van der Waals surface area (Å²) in [5.74, 6) is 0. The predicted octanol–water partition coefficient (Wildman–Crippen LogP) is 6.59. The Morgan fingerprint density at radius 3 is 1.90 bits per heavy atom. The Bertz CT molecular complexity index is 1260. The second-order valence-corrected chi connectivity index (χ2v) is 7.79. The molecule has 0 aliphatic carbocycles. The Kier molecular flexibility index (Phi) is 6.83. The number of benzene rings is 2. The molecule has 0 aliphatic rings. The number of nitrogens with zero attached hydrogens (tertiary/aromatic N) is 3. The van der Waals surface area contributed by atoms with Crippen molar-refractivity contribution in [3.8, 4) is 22.5 Å². The molecule has 0 saturated heterocycles. The summed E-state index contributed by atoms with van der Waals surface area (Å²) in [5.41, 5.74) is 6.73. The van der Waals surface area contributed by atoms with Gasteiger partial charge in [-0.1, -0.05) is 31.2 Å². The third kappa shape index (κ3) is 4.81. The second kappa shape index (κ2) is 9.37. The molecule has 2 heterocycles. The summed E-state index contributed by atoms with van der Waals surface area (Å²) < 4.78 is 0. The Balaban J connectivity index is 0.00000272. The van der Waals surface area contributed by atoms with Crippen LogP contribution in [0.4, 0.5) is 5.69 Å². The zero-order valence-electron chi connectivity index (χ0n) is 17.6. The number of aryl methyl sites for hydroxylation is 1. The first kappa shape index (κ1) is 22.6. The number of rotatable bonds is 4. The average molecular weight is 583 g/mol. The quantitative estimate of drug-likeness (QED) is 0.254. The zero-order chi connectivity index (χ0) is 21.1. The van der Waals surface area contributed by atoms with Crippen LogP contribution < -0.4 is 0 Å². The van der Waals surface area contributed by atoms with E-state index in [1.165, 1.54) is 5.56 Å². The fourth-order valence-corrected chi connectivity index (χ4v) is 3.40. The monoisotopic (exact) mass is 582 g/mol. The summed E-state index contributed by atoms with van der Waals surface area (Å²) >= 11 is 0.